The van der Waals surface area contributed by atoms with Gasteiger partial charge >= 0.3 is 5.69 Å². The van der Waals surface area contributed by atoms with Crippen molar-refractivity contribution >= 4 is 21.6 Å². The second kappa shape index (κ2) is 7.69. The molecule has 124 valence electrons. The summed E-state index contributed by atoms with van der Waals surface area (Å²) in [5.41, 5.74) is -0.551. The van der Waals surface area contributed by atoms with Gasteiger partial charge in [-0.1, -0.05) is 21.6 Å². The molecule has 0 bridgehead atoms. The summed E-state index contributed by atoms with van der Waals surface area (Å²) in [6.45, 7) is 3.37. The fraction of sp³-hybridized carbons (Fsp3) is 0.692. The number of aliphatic hydroxyl groups is 1. The number of ether oxygens (including phenoxy) is 2. The highest BCUT2D eigenvalue weighted by Gasteiger charge is 2.38. The molecule has 1 aromatic heterocycles. The lowest BCUT2D eigenvalue weighted by molar-refractivity contribution is -0.0645. The molecule has 2 N–H and O–H groups in total. The largest absolute Gasteiger partial charge is 0.394 e. The van der Waals surface area contributed by atoms with Crippen LogP contribution in [0.3, 0.4) is 0 Å². The molecule has 1 aromatic rings. The van der Waals surface area contributed by atoms with Crippen LogP contribution >= 0.6 is 21.6 Å². The van der Waals surface area contributed by atoms with Crippen LogP contribution in [0.25, 0.3) is 0 Å². The topological polar surface area (TPSA) is 93.6 Å². The molecule has 1 aliphatic rings. The zero-order chi connectivity index (χ0) is 16.3. The molecule has 1 aliphatic heterocycles. The molecule has 22 heavy (non-hydrogen) atoms. The van der Waals surface area contributed by atoms with Crippen molar-refractivity contribution in [2.75, 3.05) is 12.9 Å². The van der Waals surface area contributed by atoms with Crippen molar-refractivity contribution in [2.24, 2.45) is 0 Å². The van der Waals surface area contributed by atoms with Gasteiger partial charge in [-0.2, -0.15) is 0 Å². The molecule has 7 nitrogen and oxygen atoms in total. The van der Waals surface area contributed by atoms with Gasteiger partial charge in [-0.05, 0) is 20.1 Å². The van der Waals surface area contributed by atoms with Crippen LogP contribution in [0.5, 0.6) is 0 Å². The molecule has 1 saturated heterocycles. The quantitative estimate of drug-likeness (QED) is 0.582. The lowest BCUT2D eigenvalue weighted by atomic mass is 10.2. The van der Waals surface area contributed by atoms with Gasteiger partial charge in [-0.15, -0.1) is 0 Å². The highest BCUT2D eigenvalue weighted by atomic mass is 33.1. The summed E-state index contributed by atoms with van der Waals surface area (Å²) in [7, 11) is 3.17. The molecular weight excluding hydrogens is 328 g/mol. The summed E-state index contributed by atoms with van der Waals surface area (Å²) in [6, 6.07) is 0. The van der Waals surface area contributed by atoms with E-state index in [2.05, 4.69) is 4.98 Å². The number of nitrogens with one attached hydrogen (secondary N) is 1. The average Bonchev–Trinajstić information content (AvgIpc) is 2.85. The van der Waals surface area contributed by atoms with Crippen LogP contribution in [-0.4, -0.2) is 45.2 Å². The molecule has 9 heteroatoms. The normalized spacial score (nSPS) is 26.3. The van der Waals surface area contributed by atoms with Gasteiger partial charge in [0, 0.05) is 18.2 Å². The zero-order valence-electron chi connectivity index (χ0n) is 12.6. The van der Waals surface area contributed by atoms with Crippen molar-refractivity contribution in [1.29, 1.82) is 0 Å². The number of aryl methyl sites for hydroxylation is 1. The summed E-state index contributed by atoms with van der Waals surface area (Å²) in [4.78, 5) is 25.6. The van der Waals surface area contributed by atoms with Crippen molar-refractivity contribution < 1.29 is 14.6 Å². The number of rotatable bonds is 6. The van der Waals surface area contributed by atoms with E-state index in [4.69, 9.17) is 9.47 Å². The number of hydrogen-bond acceptors (Lipinski definition) is 7. The van der Waals surface area contributed by atoms with E-state index in [9.17, 15) is 14.7 Å². The van der Waals surface area contributed by atoms with Gasteiger partial charge in [0.25, 0.3) is 5.56 Å². The first-order valence-electron chi connectivity index (χ1n) is 6.89. The smallest absolute Gasteiger partial charge is 0.330 e. The van der Waals surface area contributed by atoms with Crippen LogP contribution in [0.2, 0.25) is 0 Å². The van der Waals surface area contributed by atoms with Crippen molar-refractivity contribution in [3.8, 4) is 0 Å². The SMILES string of the molecule is CSS[C@H](C)O[C@@H]1C[C@H](n2cc(C)c(=O)[nH]c2=O)O[C@@H]1CO. The number of nitrogens with zero attached hydrogens (tertiary/aromatic N) is 1. The minimum Gasteiger partial charge on any atom is -0.394 e. The molecule has 0 amide bonds. The minimum atomic E-state index is -0.559. The lowest BCUT2D eigenvalue weighted by Crippen LogP contribution is -2.33. The molecule has 0 spiro atoms. The Balaban J connectivity index is 2.16. The van der Waals surface area contributed by atoms with E-state index in [1.165, 1.54) is 10.8 Å². The van der Waals surface area contributed by atoms with Gasteiger partial charge in [-0.3, -0.25) is 14.3 Å². The van der Waals surface area contributed by atoms with Crippen LogP contribution < -0.4 is 11.2 Å². The average molecular weight is 348 g/mol. The standard InChI is InChI=1S/C13H20N2O5S2/c1-7-5-15(13(18)14-12(7)17)11-4-9(10(6-16)20-11)19-8(2)22-21-3/h5,8-11,16H,4,6H2,1-3H3,(H,14,17,18)/t8-,9-,10-,11-/m1/s1. The van der Waals surface area contributed by atoms with E-state index >= 15 is 0 Å². The maximum atomic E-state index is 11.9. The van der Waals surface area contributed by atoms with Crippen LogP contribution in [0.1, 0.15) is 25.1 Å². The summed E-state index contributed by atoms with van der Waals surface area (Å²) in [5.74, 6) is 0. The molecule has 2 rings (SSSR count). The van der Waals surface area contributed by atoms with E-state index in [1.54, 1.807) is 28.5 Å². The third kappa shape index (κ3) is 3.96. The van der Waals surface area contributed by atoms with E-state index in [-0.39, 0.29) is 18.1 Å². The van der Waals surface area contributed by atoms with Crippen molar-refractivity contribution in [3.05, 3.63) is 32.6 Å². The molecule has 0 aromatic carbocycles. The molecule has 0 unspecified atom stereocenters. The number of aliphatic hydroxyl groups excluding tert-OH is 1. The Hall–Kier alpha value is -0.740. The van der Waals surface area contributed by atoms with Gasteiger partial charge in [0.1, 0.15) is 17.8 Å². The Morgan fingerprint density at radius 2 is 2.32 bits per heavy atom. The number of H-pyrrole nitrogens is 1. The van der Waals surface area contributed by atoms with E-state index in [0.29, 0.717) is 12.0 Å². The maximum absolute atomic E-state index is 11.9. The molecule has 0 aliphatic carbocycles. The van der Waals surface area contributed by atoms with Gasteiger partial charge in [0.2, 0.25) is 0 Å². The third-order valence-electron chi connectivity index (χ3n) is 3.41. The van der Waals surface area contributed by atoms with E-state index in [0.717, 1.165) is 0 Å². The Morgan fingerprint density at radius 1 is 1.59 bits per heavy atom. The van der Waals surface area contributed by atoms with Crippen molar-refractivity contribution in [2.45, 2.75) is 44.1 Å². The first kappa shape index (κ1) is 17.6. The Morgan fingerprint density at radius 3 is 2.95 bits per heavy atom. The molecule has 2 heterocycles. The van der Waals surface area contributed by atoms with Gasteiger partial charge in [-0.25, -0.2) is 4.79 Å². The summed E-state index contributed by atoms with van der Waals surface area (Å²) < 4.78 is 12.9. The fourth-order valence-electron chi connectivity index (χ4n) is 2.38. The monoisotopic (exact) mass is 348 g/mol. The summed E-state index contributed by atoms with van der Waals surface area (Å²) >= 11 is 0. The molecule has 1 fully saturated rings. The maximum Gasteiger partial charge on any atom is 0.330 e. The first-order chi connectivity index (χ1) is 10.5. The highest BCUT2D eigenvalue weighted by Crippen LogP contribution is 2.33. The zero-order valence-corrected chi connectivity index (χ0v) is 14.3. The first-order valence-corrected chi connectivity index (χ1v) is 9.51. The molecule has 0 saturated carbocycles. The van der Waals surface area contributed by atoms with E-state index < -0.39 is 23.6 Å². The van der Waals surface area contributed by atoms with Crippen LogP contribution in [-0.2, 0) is 9.47 Å². The van der Waals surface area contributed by atoms with Crippen molar-refractivity contribution in [1.82, 2.24) is 9.55 Å². The summed E-state index contributed by atoms with van der Waals surface area (Å²) in [6.07, 6.45) is 2.53. The number of aromatic amines is 1. The predicted molar refractivity (Wildman–Crippen MR) is 87.1 cm³/mol. The fourth-order valence-corrected chi connectivity index (χ4v) is 3.79. The van der Waals surface area contributed by atoms with E-state index in [1.807, 2.05) is 13.2 Å². The number of aromatic nitrogens is 2. The van der Waals surface area contributed by atoms with Crippen LogP contribution in [0.15, 0.2) is 15.8 Å². The highest BCUT2D eigenvalue weighted by molar-refractivity contribution is 8.76. The van der Waals surface area contributed by atoms with Crippen molar-refractivity contribution in [3.63, 3.8) is 0 Å². The predicted octanol–water partition coefficient (Wildman–Crippen LogP) is 0.867. The molecule has 4 atom stereocenters. The second-order valence-electron chi connectivity index (χ2n) is 5.03. The lowest BCUT2D eigenvalue weighted by Gasteiger charge is -2.20. The second-order valence-corrected chi connectivity index (χ2v) is 7.80. The summed E-state index contributed by atoms with van der Waals surface area (Å²) in [5, 5.41) is 9.45. The Bertz CT molecular complexity index is 617. The van der Waals surface area contributed by atoms with Crippen LogP contribution in [0.4, 0.5) is 0 Å². The molecular formula is C13H20N2O5S2. The van der Waals surface area contributed by atoms with Gasteiger partial charge in [0.05, 0.1) is 12.7 Å². The minimum absolute atomic E-state index is 0.0505. The van der Waals surface area contributed by atoms with Crippen LogP contribution in [0, 0.1) is 6.92 Å². The van der Waals surface area contributed by atoms with Gasteiger partial charge in [0.15, 0.2) is 0 Å². The number of hydrogen-bond donors (Lipinski definition) is 2. The Kier molecular flexibility index (Phi) is 6.16. The Labute approximate surface area is 135 Å². The third-order valence-corrected chi connectivity index (χ3v) is 5.38. The van der Waals surface area contributed by atoms with Gasteiger partial charge < -0.3 is 14.6 Å². The molecule has 0 radical (unpaired) electrons.